The van der Waals surface area contributed by atoms with Gasteiger partial charge in [0.25, 0.3) is 0 Å². The smallest absolute Gasteiger partial charge is 0.220 e. The molecule has 1 aromatic carbocycles. The summed E-state index contributed by atoms with van der Waals surface area (Å²) < 4.78 is 14.8. The van der Waals surface area contributed by atoms with Crippen molar-refractivity contribution in [2.24, 2.45) is 0 Å². The van der Waals surface area contributed by atoms with E-state index in [0.29, 0.717) is 11.3 Å². The number of pyridine rings is 1. The van der Waals surface area contributed by atoms with Crippen LogP contribution in [0, 0.1) is 30.3 Å². The summed E-state index contributed by atoms with van der Waals surface area (Å²) in [5.41, 5.74) is 11.0. The third kappa shape index (κ3) is 2.21. The van der Waals surface area contributed by atoms with Crippen LogP contribution < -0.4 is 5.73 Å². The number of halogens is 2. The molecule has 2 N–H and O–H groups in total. The first kappa shape index (κ1) is 13.3. The molecule has 0 bridgehead atoms. The highest BCUT2D eigenvalue weighted by molar-refractivity contribution is 14.1. The average Bonchev–Trinajstić information content (AvgIpc) is 2.31. The molecule has 94 valence electrons. The molecular weight excluding hydrogens is 342 g/mol. The molecule has 0 spiro atoms. The summed E-state index contributed by atoms with van der Waals surface area (Å²) in [7, 11) is 0. The number of nitrogen functional groups attached to an aromatic ring is 1. The summed E-state index contributed by atoms with van der Waals surface area (Å²) >= 11 is 2.19. The number of aryl methyl sites for hydroxylation is 2. The minimum absolute atomic E-state index is 0.472. The van der Waals surface area contributed by atoms with Gasteiger partial charge in [-0.15, -0.1) is 0 Å². The zero-order valence-corrected chi connectivity index (χ0v) is 12.7. The molecule has 4 heteroatoms. The van der Waals surface area contributed by atoms with E-state index < -0.39 is 5.95 Å². The largest absolute Gasteiger partial charge is 0.398 e. The third-order valence-electron chi connectivity index (χ3n) is 3.09. The van der Waals surface area contributed by atoms with E-state index in [1.165, 1.54) is 6.20 Å². The Kier molecular flexibility index (Phi) is 3.56. The van der Waals surface area contributed by atoms with Gasteiger partial charge in [0.05, 0.1) is 0 Å². The number of benzene rings is 1. The van der Waals surface area contributed by atoms with Gasteiger partial charge < -0.3 is 5.73 Å². The Morgan fingerprint density at radius 3 is 2.56 bits per heavy atom. The molecule has 18 heavy (non-hydrogen) atoms. The molecule has 2 rings (SSSR count). The lowest BCUT2D eigenvalue weighted by molar-refractivity contribution is 0.587. The lowest BCUT2D eigenvalue weighted by Crippen LogP contribution is -2.01. The van der Waals surface area contributed by atoms with Crippen molar-refractivity contribution in [3.63, 3.8) is 0 Å². The molecule has 0 amide bonds. The molecule has 0 saturated carbocycles. The minimum Gasteiger partial charge on any atom is -0.398 e. The summed E-state index contributed by atoms with van der Waals surface area (Å²) in [4.78, 5) is 3.76. The Labute approximate surface area is 120 Å². The van der Waals surface area contributed by atoms with Crippen molar-refractivity contribution >= 4 is 28.3 Å². The van der Waals surface area contributed by atoms with E-state index >= 15 is 0 Å². The normalized spacial score (nSPS) is 10.7. The fraction of sp³-hybridized carbons (Fsp3) is 0.214. The number of hydrogen-bond donors (Lipinski definition) is 1. The van der Waals surface area contributed by atoms with Crippen LogP contribution in [0.15, 0.2) is 18.3 Å². The molecule has 2 aromatic rings. The molecule has 0 radical (unpaired) electrons. The molecule has 0 aliphatic carbocycles. The van der Waals surface area contributed by atoms with E-state index in [1.807, 2.05) is 26.8 Å². The van der Waals surface area contributed by atoms with Crippen molar-refractivity contribution in [3.8, 4) is 11.1 Å². The Hall–Kier alpha value is -1.17. The maximum atomic E-state index is 13.9. The number of aromatic nitrogens is 1. The summed E-state index contributed by atoms with van der Waals surface area (Å²) in [6.07, 6.45) is 1.52. The molecule has 0 fully saturated rings. The van der Waals surface area contributed by atoms with Crippen molar-refractivity contribution in [3.05, 3.63) is 44.5 Å². The molecule has 2 nitrogen and oxygen atoms in total. The fourth-order valence-corrected chi connectivity index (χ4v) is 2.95. The molecular formula is C14H14FIN2. The SMILES string of the molecule is Cc1cnc(F)c(-c2c(I)cc(C)c(C)c2N)c1. The maximum absolute atomic E-state index is 13.9. The second kappa shape index (κ2) is 4.84. The average molecular weight is 356 g/mol. The highest BCUT2D eigenvalue weighted by Crippen LogP contribution is 2.36. The van der Waals surface area contributed by atoms with Crippen LogP contribution in [0.2, 0.25) is 0 Å². The first-order chi connectivity index (χ1) is 8.41. The van der Waals surface area contributed by atoms with Crippen LogP contribution in [0.4, 0.5) is 10.1 Å². The van der Waals surface area contributed by atoms with Crippen LogP contribution in [-0.2, 0) is 0 Å². The standard InChI is InChI=1S/C14H14FIN2/c1-7-4-10(14(15)18-6-7)12-11(16)5-8(2)9(3)13(12)17/h4-6H,17H2,1-3H3. The second-order valence-corrected chi connectivity index (χ2v) is 5.60. The quantitative estimate of drug-likeness (QED) is 0.477. The van der Waals surface area contributed by atoms with E-state index in [1.54, 1.807) is 6.07 Å². The van der Waals surface area contributed by atoms with Gasteiger partial charge in [-0.1, -0.05) is 0 Å². The van der Waals surface area contributed by atoms with E-state index in [9.17, 15) is 4.39 Å². The predicted molar refractivity (Wildman–Crippen MR) is 81.0 cm³/mol. The maximum Gasteiger partial charge on any atom is 0.220 e. The van der Waals surface area contributed by atoms with Crippen LogP contribution in [0.3, 0.4) is 0 Å². The Morgan fingerprint density at radius 1 is 1.22 bits per heavy atom. The summed E-state index contributed by atoms with van der Waals surface area (Å²) in [6, 6.07) is 3.80. The predicted octanol–water partition coefficient (Wildman–Crippen LogP) is 4.00. The van der Waals surface area contributed by atoms with Crippen LogP contribution >= 0.6 is 22.6 Å². The first-order valence-corrected chi connectivity index (χ1v) is 6.67. The zero-order valence-electron chi connectivity index (χ0n) is 10.5. The van der Waals surface area contributed by atoms with E-state index in [2.05, 4.69) is 27.6 Å². The van der Waals surface area contributed by atoms with Crippen LogP contribution in [-0.4, -0.2) is 4.98 Å². The lowest BCUT2D eigenvalue weighted by atomic mass is 9.98. The van der Waals surface area contributed by atoms with E-state index in [-0.39, 0.29) is 0 Å². The number of rotatable bonds is 1. The monoisotopic (exact) mass is 356 g/mol. The van der Waals surface area contributed by atoms with E-state index in [4.69, 9.17) is 5.73 Å². The van der Waals surface area contributed by atoms with Gasteiger partial charge >= 0.3 is 0 Å². The zero-order chi connectivity index (χ0) is 13.4. The van der Waals surface area contributed by atoms with Crippen LogP contribution in [0.25, 0.3) is 11.1 Å². The molecule has 1 heterocycles. The van der Waals surface area contributed by atoms with E-state index in [0.717, 1.165) is 25.8 Å². The van der Waals surface area contributed by atoms with Crippen LogP contribution in [0.1, 0.15) is 16.7 Å². The topological polar surface area (TPSA) is 38.9 Å². The Balaban J connectivity index is 2.79. The molecule has 1 aromatic heterocycles. The molecule has 0 aliphatic rings. The fourth-order valence-electron chi connectivity index (χ4n) is 1.90. The Bertz CT molecular complexity index is 624. The molecule has 0 saturated heterocycles. The van der Waals surface area contributed by atoms with Gasteiger partial charge in [0.1, 0.15) is 0 Å². The first-order valence-electron chi connectivity index (χ1n) is 5.59. The van der Waals surface area contributed by atoms with Gasteiger partial charge in [-0.3, -0.25) is 0 Å². The molecule has 0 aliphatic heterocycles. The van der Waals surface area contributed by atoms with Gasteiger partial charge in [0, 0.05) is 26.6 Å². The molecule has 0 atom stereocenters. The van der Waals surface area contributed by atoms with Crippen molar-refractivity contribution < 1.29 is 4.39 Å². The summed E-state index contributed by atoms with van der Waals surface area (Å²) in [5, 5.41) is 0. The van der Waals surface area contributed by atoms with Crippen molar-refractivity contribution in [2.45, 2.75) is 20.8 Å². The van der Waals surface area contributed by atoms with Crippen molar-refractivity contribution in [1.82, 2.24) is 4.98 Å². The van der Waals surface area contributed by atoms with Crippen molar-refractivity contribution in [2.75, 3.05) is 5.73 Å². The van der Waals surface area contributed by atoms with Gasteiger partial charge in [-0.05, 0) is 72.2 Å². The lowest BCUT2D eigenvalue weighted by Gasteiger charge is -2.14. The number of nitrogens with two attached hydrogens (primary N) is 1. The van der Waals surface area contributed by atoms with Gasteiger partial charge in [-0.2, -0.15) is 4.39 Å². The second-order valence-electron chi connectivity index (χ2n) is 4.44. The summed E-state index contributed by atoms with van der Waals surface area (Å²) in [6.45, 7) is 5.84. The van der Waals surface area contributed by atoms with Crippen LogP contribution in [0.5, 0.6) is 0 Å². The Morgan fingerprint density at radius 2 is 1.89 bits per heavy atom. The summed E-state index contributed by atoms with van der Waals surface area (Å²) in [5.74, 6) is -0.478. The van der Waals surface area contributed by atoms with Gasteiger partial charge in [-0.25, -0.2) is 4.98 Å². The number of anilines is 1. The van der Waals surface area contributed by atoms with Crippen molar-refractivity contribution in [1.29, 1.82) is 0 Å². The minimum atomic E-state index is -0.478. The third-order valence-corrected chi connectivity index (χ3v) is 3.94. The molecule has 0 unspecified atom stereocenters. The number of hydrogen-bond acceptors (Lipinski definition) is 2. The van der Waals surface area contributed by atoms with Gasteiger partial charge in [0.15, 0.2) is 0 Å². The highest BCUT2D eigenvalue weighted by atomic mass is 127. The highest BCUT2D eigenvalue weighted by Gasteiger charge is 2.16. The van der Waals surface area contributed by atoms with Gasteiger partial charge in [0.2, 0.25) is 5.95 Å². The number of nitrogens with zero attached hydrogens (tertiary/aromatic N) is 1.